The molecule has 1 heterocycles. The summed E-state index contributed by atoms with van der Waals surface area (Å²) < 4.78 is 16.9. The van der Waals surface area contributed by atoms with Gasteiger partial charge in [0.2, 0.25) is 0 Å². The monoisotopic (exact) mass is 252 g/mol. The zero-order chi connectivity index (χ0) is 13.1. The van der Waals surface area contributed by atoms with Gasteiger partial charge in [-0.15, -0.1) is 6.58 Å². The van der Waals surface area contributed by atoms with Gasteiger partial charge in [0.25, 0.3) is 0 Å². The van der Waals surface area contributed by atoms with E-state index in [9.17, 15) is 4.79 Å². The summed E-state index contributed by atoms with van der Waals surface area (Å²) in [6.07, 6.45) is 3.00. The zero-order valence-corrected chi connectivity index (χ0v) is 11.1. The van der Waals surface area contributed by atoms with Crippen LogP contribution in [0.15, 0.2) is 12.7 Å². The second-order valence-corrected chi connectivity index (χ2v) is 5.99. The number of esters is 1. The van der Waals surface area contributed by atoms with Crippen molar-refractivity contribution in [2.24, 2.45) is 23.7 Å². The first kappa shape index (κ1) is 12.2. The van der Waals surface area contributed by atoms with E-state index in [1.165, 1.54) is 7.11 Å². The summed E-state index contributed by atoms with van der Waals surface area (Å²) in [5.41, 5.74) is 0. The maximum atomic E-state index is 12.0. The molecular weight excluding hydrogens is 232 g/mol. The Morgan fingerprint density at radius 2 is 1.94 bits per heavy atom. The number of allylic oxidation sites excluding steroid dienone is 1. The van der Waals surface area contributed by atoms with E-state index >= 15 is 0 Å². The molecule has 2 aliphatic carbocycles. The second kappa shape index (κ2) is 3.81. The Kier molecular flexibility index (Phi) is 2.58. The Labute approximate surface area is 107 Å². The fraction of sp³-hybridized carbons (Fsp3) is 0.786. The molecule has 0 radical (unpaired) electrons. The Balaban J connectivity index is 1.90. The maximum Gasteiger partial charge on any atom is 0.309 e. The standard InChI is InChI=1S/C14H20O4/c1-5-7-8-6-9(10(7)13(15)16-4)12-11(8)17-14(2,3)18-12/h5,7-12H,1,6H2,2-4H3/t7-,8-,9+,10-,11-,12+/m0/s1. The van der Waals surface area contributed by atoms with Crippen LogP contribution in [0, 0.1) is 23.7 Å². The van der Waals surface area contributed by atoms with E-state index in [0.29, 0.717) is 5.92 Å². The zero-order valence-electron chi connectivity index (χ0n) is 11.1. The molecule has 3 aliphatic rings. The third-order valence-corrected chi connectivity index (χ3v) is 4.67. The van der Waals surface area contributed by atoms with Crippen molar-refractivity contribution in [2.45, 2.75) is 38.3 Å². The smallest absolute Gasteiger partial charge is 0.309 e. The summed E-state index contributed by atoms with van der Waals surface area (Å²) in [6.45, 7) is 7.74. The van der Waals surface area contributed by atoms with E-state index in [0.717, 1.165) is 6.42 Å². The largest absolute Gasteiger partial charge is 0.469 e. The van der Waals surface area contributed by atoms with Crippen LogP contribution in [-0.2, 0) is 19.0 Å². The molecule has 18 heavy (non-hydrogen) atoms. The lowest BCUT2D eigenvalue weighted by atomic mass is 9.76. The minimum atomic E-state index is -0.539. The predicted octanol–water partition coefficient (Wildman–Crippen LogP) is 1.75. The molecular formula is C14H20O4. The number of hydrogen-bond donors (Lipinski definition) is 0. The van der Waals surface area contributed by atoms with E-state index in [1.54, 1.807) is 0 Å². The van der Waals surface area contributed by atoms with Gasteiger partial charge in [0.15, 0.2) is 5.79 Å². The van der Waals surface area contributed by atoms with E-state index < -0.39 is 5.79 Å². The number of ether oxygens (including phenoxy) is 3. The van der Waals surface area contributed by atoms with Crippen molar-refractivity contribution in [1.82, 2.24) is 0 Å². The first-order chi connectivity index (χ1) is 8.48. The van der Waals surface area contributed by atoms with Crippen molar-refractivity contribution >= 4 is 5.97 Å². The maximum absolute atomic E-state index is 12.0. The van der Waals surface area contributed by atoms with Crippen molar-refractivity contribution in [1.29, 1.82) is 0 Å². The third-order valence-electron chi connectivity index (χ3n) is 4.67. The van der Waals surface area contributed by atoms with E-state index in [4.69, 9.17) is 14.2 Å². The molecule has 4 nitrogen and oxygen atoms in total. The predicted molar refractivity (Wildman–Crippen MR) is 64.6 cm³/mol. The van der Waals surface area contributed by atoms with E-state index in [-0.39, 0.29) is 35.9 Å². The third kappa shape index (κ3) is 1.48. The first-order valence-corrected chi connectivity index (χ1v) is 6.54. The van der Waals surface area contributed by atoms with Crippen LogP contribution in [0.25, 0.3) is 0 Å². The Bertz CT molecular complexity index is 389. The molecule has 1 aliphatic heterocycles. The Morgan fingerprint density at radius 3 is 2.50 bits per heavy atom. The highest BCUT2D eigenvalue weighted by atomic mass is 16.8. The van der Waals surface area contributed by atoms with Gasteiger partial charge in [0, 0.05) is 5.92 Å². The molecule has 0 spiro atoms. The summed E-state index contributed by atoms with van der Waals surface area (Å²) in [7, 11) is 1.45. The van der Waals surface area contributed by atoms with Gasteiger partial charge in [-0.05, 0) is 32.1 Å². The molecule has 3 rings (SSSR count). The molecule has 2 bridgehead atoms. The molecule has 6 atom stereocenters. The summed E-state index contributed by atoms with van der Waals surface area (Å²) in [4.78, 5) is 12.0. The molecule has 0 aromatic carbocycles. The molecule has 0 unspecified atom stereocenters. The number of carbonyl (C=O) groups excluding carboxylic acids is 1. The first-order valence-electron chi connectivity index (χ1n) is 6.54. The van der Waals surface area contributed by atoms with Crippen LogP contribution in [0.5, 0.6) is 0 Å². The van der Waals surface area contributed by atoms with Gasteiger partial charge in [-0.1, -0.05) is 6.08 Å². The molecule has 0 aromatic heterocycles. The number of hydrogen-bond acceptors (Lipinski definition) is 4. The fourth-order valence-electron chi connectivity index (χ4n) is 4.13. The molecule has 2 saturated carbocycles. The van der Waals surface area contributed by atoms with Crippen LogP contribution >= 0.6 is 0 Å². The Hall–Kier alpha value is -0.870. The lowest BCUT2D eigenvalue weighted by Gasteiger charge is -2.32. The van der Waals surface area contributed by atoms with Crippen LogP contribution < -0.4 is 0 Å². The van der Waals surface area contributed by atoms with Crippen LogP contribution in [0.4, 0.5) is 0 Å². The van der Waals surface area contributed by atoms with Crippen LogP contribution in [0.1, 0.15) is 20.3 Å². The number of methoxy groups -OCH3 is 1. The van der Waals surface area contributed by atoms with Crippen LogP contribution in [0.3, 0.4) is 0 Å². The normalized spacial score (nSPS) is 47.9. The molecule has 1 saturated heterocycles. The fourth-order valence-corrected chi connectivity index (χ4v) is 4.13. The summed E-state index contributed by atoms with van der Waals surface area (Å²) in [5.74, 6) is -0.0969. The molecule has 0 aromatic rings. The lowest BCUT2D eigenvalue weighted by Crippen LogP contribution is -2.43. The van der Waals surface area contributed by atoms with E-state index in [2.05, 4.69) is 6.58 Å². The summed E-state index contributed by atoms with van der Waals surface area (Å²) in [6, 6.07) is 0. The van der Waals surface area contributed by atoms with Crippen molar-refractivity contribution in [3.8, 4) is 0 Å². The highest BCUT2D eigenvalue weighted by Gasteiger charge is 2.65. The van der Waals surface area contributed by atoms with Gasteiger partial charge in [0.1, 0.15) is 0 Å². The SMILES string of the molecule is C=C[C@H]1[C@@H]2C[C@@H]([C@H]3OC(C)(C)O[C@@H]23)[C@H]1C(=O)OC. The van der Waals surface area contributed by atoms with Gasteiger partial charge in [-0.3, -0.25) is 4.79 Å². The summed E-state index contributed by atoms with van der Waals surface area (Å²) in [5, 5.41) is 0. The topological polar surface area (TPSA) is 44.8 Å². The molecule has 100 valence electrons. The number of rotatable bonds is 2. The molecule has 0 amide bonds. The quantitative estimate of drug-likeness (QED) is 0.555. The minimum absolute atomic E-state index is 0.0327. The number of carbonyl (C=O) groups is 1. The highest BCUT2D eigenvalue weighted by Crippen LogP contribution is 2.58. The average molecular weight is 252 g/mol. The second-order valence-electron chi connectivity index (χ2n) is 5.99. The van der Waals surface area contributed by atoms with Gasteiger partial charge < -0.3 is 14.2 Å². The van der Waals surface area contributed by atoms with Crippen molar-refractivity contribution < 1.29 is 19.0 Å². The van der Waals surface area contributed by atoms with Crippen molar-refractivity contribution in [3.05, 3.63) is 12.7 Å². The highest BCUT2D eigenvalue weighted by molar-refractivity contribution is 5.74. The molecule has 4 heteroatoms. The van der Waals surface area contributed by atoms with Crippen LogP contribution in [0.2, 0.25) is 0 Å². The lowest BCUT2D eigenvalue weighted by molar-refractivity contribution is -0.161. The van der Waals surface area contributed by atoms with Gasteiger partial charge in [-0.2, -0.15) is 0 Å². The van der Waals surface area contributed by atoms with Crippen molar-refractivity contribution in [3.63, 3.8) is 0 Å². The summed E-state index contributed by atoms with van der Waals surface area (Å²) >= 11 is 0. The van der Waals surface area contributed by atoms with Gasteiger partial charge in [0.05, 0.1) is 25.2 Å². The minimum Gasteiger partial charge on any atom is -0.469 e. The van der Waals surface area contributed by atoms with E-state index in [1.807, 2.05) is 19.9 Å². The van der Waals surface area contributed by atoms with Crippen molar-refractivity contribution in [2.75, 3.05) is 7.11 Å². The van der Waals surface area contributed by atoms with Gasteiger partial charge in [-0.25, -0.2) is 0 Å². The van der Waals surface area contributed by atoms with Crippen LogP contribution in [-0.4, -0.2) is 31.1 Å². The number of fused-ring (bicyclic) bond motifs is 5. The molecule has 3 fully saturated rings. The average Bonchev–Trinajstić information content (AvgIpc) is 2.93. The molecule has 0 N–H and O–H groups in total. The Morgan fingerprint density at radius 1 is 1.33 bits per heavy atom. The van der Waals surface area contributed by atoms with Gasteiger partial charge >= 0.3 is 5.97 Å².